The number of hydrogen-bond donors (Lipinski definition) is 3. The molecule has 0 aliphatic heterocycles. The van der Waals surface area contributed by atoms with E-state index in [0.717, 1.165) is 10.0 Å². The largest absolute Gasteiger partial charge is 0.491 e. The number of H-pyrrole nitrogens is 1. The van der Waals surface area contributed by atoms with Crippen molar-refractivity contribution in [3.8, 4) is 5.75 Å². The summed E-state index contributed by atoms with van der Waals surface area (Å²) in [6.07, 6.45) is 0.626. The number of fused-ring (bicyclic) bond motifs is 1. The SMILES string of the molecule is Cn1c(=O)[nH]c(=O)c2c1nc(N/N=C\c1ccccc1)n2C[C@H](O)COc1ccc(Br)cc1. The molecule has 0 aliphatic carbocycles. The Morgan fingerprint density at radius 3 is 2.67 bits per heavy atom. The average molecular weight is 513 g/mol. The van der Waals surface area contributed by atoms with Gasteiger partial charge in [0.2, 0.25) is 5.95 Å². The number of aryl methyl sites for hydroxylation is 1. The van der Waals surface area contributed by atoms with Crippen LogP contribution in [0.5, 0.6) is 5.75 Å². The van der Waals surface area contributed by atoms with E-state index in [9.17, 15) is 14.7 Å². The summed E-state index contributed by atoms with van der Waals surface area (Å²) < 4.78 is 9.26. The molecular weight excluding hydrogens is 492 g/mol. The monoisotopic (exact) mass is 512 g/mol. The summed E-state index contributed by atoms with van der Waals surface area (Å²) in [4.78, 5) is 31.2. The Bertz CT molecular complexity index is 1390. The van der Waals surface area contributed by atoms with Crippen molar-refractivity contribution in [3.63, 3.8) is 0 Å². The number of rotatable bonds is 8. The standard InChI is InChI=1S/C22H21BrN6O4/c1-28-19-18(20(31)26-22(28)32)29(12-16(30)13-33-17-9-7-15(23)8-10-17)21(25-19)27-24-11-14-5-3-2-4-6-14/h2-11,16,30H,12-13H2,1H3,(H,25,27)(H,26,31,32)/b24-11-/t16-/m0/s1. The third-order valence-corrected chi connectivity index (χ3v) is 5.36. The highest BCUT2D eigenvalue weighted by atomic mass is 79.9. The van der Waals surface area contributed by atoms with Gasteiger partial charge in [-0.1, -0.05) is 46.3 Å². The smallest absolute Gasteiger partial charge is 0.329 e. The van der Waals surface area contributed by atoms with Gasteiger partial charge in [-0.15, -0.1) is 0 Å². The number of hydrogen-bond acceptors (Lipinski definition) is 7. The Labute approximate surface area is 196 Å². The molecule has 0 bridgehead atoms. The van der Waals surface area contributed by atoms with Gasteiger partial charge in [-0.2, -0.15) is 10.1 Å². The van der Waals surface area contributed by atoms with E-state index >= 15 is 0 Å². The minimum Gasteiger partial charge on any atom is -0.491 e. The molecule has 2 aromatic carbocycles. The van der Waals surface area contributed by atoms with E-state index in [-0.39, 0.29) is 30.3 Å². The molecule has 170 valence electrons. The molecule has 0 aliphatic rings. The number of anilines is 1. The van der Waals surface area contributed by atoms with Crippen molar-refractivity contribution in [2.75, 3.05) is 12.0 Å². The molecule has 0 saturated heterocycles. The molecule has 1 atom stereocenters. The molecule has 0 radical (unpaired) electrons. The molecule has 0 spiro atoms. The Kier molecular flexibility index (Phi) is 6.71. The quantitative estimate of drug-likeness (QED) is 0.245. The van der Waals surface area contributed by atoms with Gasteiger partial charge in [0.25, 0.3) is 5.56 Å². The van der Waals surface area contributed by atoms with E-state index in [1.54, 1.807) is 18.3 Å². The van der Waals surface area contributed by atoms with Gasteiger partial charge in [-0.3, -0.25) is 14.3 Å². The second kappa shape index (κ2) is 9.84. The maximum atomic E-state index is 12.6. The summed E-state index contributed by atoms with van der Waals surface area (Å²) in [6, 6.07) is 16.6. The molecule has 0 unspecified atom stereocenters. The van der Waals surface area contributed by atoms with Gasteiger partial charge in [-0.25, -0.2) is 10.2 Å². The maximum Gasteiger partial charge on any atom is 0.329 e. The Morgan fingerprint density at radius 1 is 1.21 bits per heavy atom. The van der Waals surface area contributed by atoms with Gasteiger partial charge in [0.15, 0.2) is 11.2 Å². The number of nitrogens with one attached hydrogen (secondary N) is 2. The van der Waals surface area contributed by atoms with Gasteiger partial charge in [0.1, 0.15) is 18.5 Å². The van der Waals surface area contributed by atoms with Crippen LogP contribution in [0.4, 0.5) is 5.95 Å². The molecule has 2 aromatic heterocycles. The molecule has 33 heavy (non-hydrogen) atoms. The van der Waals surface area contributed by atoms with Crippen LogP contribution < -0.4 is 21.4 Å². The highest BCUT2D eigenvalue weighted by Gasteiger charge is 2.20. The number of imidazole rings is 1. The number of ether oxygens (including phenoxy) is 1. The van der Waals surface area contributed by atoms with Gasteiger partial charge in [0.05, 0.1) is 12.8 Å². The molecule has 10 nitrogen and oxygen atoms in total. The van der Waals surface area contributed by atoms with Crippen molar-refractivity contribution in [1.29, 1.82) is 0 Å². The van der Waals surface area contributed by atoms with Crippen LogP contribution >= 0.6 is 15.9 Å². The van der Waals surface area contributed by atoms with Crippen molar-refractivity contribution < 1.29 is 9.84 Å². The molecule has 4 rings (SSSR count). The molecule has 0 fully saturated rings. The van der Waals surface area contributed by atoms with Crippen LogP contribution in [0, 0.1) is 0 Å². The van der Waals surface area contributed by atoms with Gasteiger partial charge < -0.3 is 14.4 Å². The zero-order valence-electron chi connectivity index (χ0n) is 17.6. The van der Waals surface area contributed by atoms with E-state index in [2.05, 4.69) is 36.4 Å². The molecule has 4 aromatic rings. The minimum atomic E-state index is -0.971. The van der Waals surface area contributed by atoms with E-state index in [1.165, 1.54) is 16.2 Å². The molecule has 0 amide bonds. The zero-order valence-corrected chi connectivity index (χ0v) is 19.2. The van der Waals surface area contributed by atoms with Crippen LogP contribution in [0.3, 0.4) is 0 Å². The van der Waals surface area contributed by atoms with Crippen LogP contribution in [0.15, 0.2) is 73.8 Å². The fourth-order valence-corrected chi connectivity index (χ4v) is 3.45. The van der Waals surface area contributed by atoms with Crippen LogP contribution in [0.1, 0.15) is 5.56 Å². The highest BCUT2D eigenvalue weighted by Crippen LogP contribution is 2.18. The number of aliphatic hydroxyl groups excluding tert-OH is 1. The predicted molar refractivity (Wildman–Crippen MR) is 129 cm³/mol. The third kappa shape index (κ3) is 5.21. The fraction of sp³-hybridized carbons (Fsp3) is 0.182. The first-order chi connectivity index (χ1) is 15.9. The molecule has 3 N–H and O–H groups in total. The van der Waals surface area contributed by atoms with Gasteiger partial charge in [-0.05, 0) is 29.8 Å². The molecule has 11 heteroatoms. The Hall–Kier alpha value is -3.70. The summed E-state index contributed by atoms with van der Waals surface area (Å²) >= 11 is 3.36. The maximum absolute atomic E-state index is 12.6. The average Bonchev–Trinajstić information content (AvgIpc) is 3.16. The van der Waals surface area contributed by atoms with Crippen molar-refractivity contribution >= 4 is 39.3 Å². The second-order valence-corrected chi connectivity index (χ2v) is 8.15. The number of hydrazone groups is 1. The van der Waals surface area contributed by atoms with Crippen LogP contribution in [0.25, 0.3) is 11.2 Å². The fourth-order valence-electron chi connectivity index (χ4n) is 3.19. The lowest BCUT2D eigenvalue weighted by atomic mass is 10.2. The molecule has 2 heterocycles. The summed E-state index contributed by atoms with van der Waals surface area (Å²) in [5.74, 6) is 0.797. The summed E-state index contributed by atoms with van der Waals surface area (Å²) in [5, 5.41) is 14.8. The normalized spacial score (nSPS) is 12.3. The van der Waals surface area contributed by atoms with E-state index in [4.69, 9.17) is 4.74 Å². The Morgan fingerprint density at radius 2 is 1.94 bits per heavy atom. The second-order valence-electron chi connectivity index (χ2n) is 7.24. The van der Waals surface area contributed by atoms with Crippen molar-refractivity contribution in [2.24, 2.45) is 12.1 Å². The lowest BCUT2D eigenvalue weighted by Crippen LogP contribution is -2.30. The van der Waals surface area contributed by atoms with Crippen LogP contribution in [-0.2, 0) is 13.6 Å². The molecular formula is C22H21BrN6O4. The van der Waals surface area contributed by atoms with E-state index in [0.29, 0.717) is 5.75 Å². The number of aliphatic hydroxyl groups is 1. The minimum absolute atomic E-state index is 0.0162. The van der Waals surface area contributed by atoms with Crippen molar-refractivity contribution in [2.45, 2.75) is 12.6 Å². The summed E-state index contributed by atoms with van der Waals surface area (Å²) in [6.45, 7) is -0.0325. The Balaban J connectivity index is 1.61. The summed E-state index contributed by atoms with van der Waals surface area (Å²) in [7, 11) is 1.50. The topological polar surface area (TPSA) is 127 Å². The first-order valence-corrected chi connectivity index (χ1v) is 10.8. The van der Waals surface area contributed by atoms with E-state index < -0.39 is 17.4 Å². The van der Waals surface area contributed by atoms with Crippen molar-refractivity contribution in [1.82, 2.24) is 19.1 Å². The van der Waals surface area contributed by atoms with Gasteiger partial charge >= 0.3 is 5.69 Å². The number of benzene rings is 2. The predicted octanol–water partition coefficient (Wildman–Crippen LogP) is 2.07. The van der Waals surface area contributed by atoms with Crippen LogP contribution in [-0.4, -0.2) is 43.1 Å². The third-order valence-electron chi connectivity index (χ3n) is 4.83. The van der Waals surface area contributed by atoms with Crippen LogP contribution in [0.2, 0.25) is 0 Å². The first kappa shape index (κ1) is 22.5. The van der Waals surface area contributed by atoms with Gasteiger partial charge in [0, 0.05) is 11.5 Å². The number of aromatic nitrogens is 4. The zero-order chi connectivity index (χ0) is 23.4. The highest BCUT2D eigenvalue weighted by molar-refractivity contribution is 9.10. The number of halogens is 1. The summed E-state index contributed by atoms with van der Waals surface area (Å²) in [5.41, 5.74) is 2.78. The van der Waals surface area contributed by atoms with Crippen molar-refractivity contribution in [3.05, 3.63) is 85.5 Å². The first-order valence-electron chi connectivity index (χ1n) is 10.0. The lowest BCUT2D eigenvalue weighted by Gasteiger charge is -2.15. The molecule has 0 saturated carbocycles. The van der Waals surface area contributed by atoms with E-state index in [1.807, 2.05) is 42.5 Å². The number of aromatic amines is 1. The number of nitrogens with zero attached hydrogens (tertiary/aromatic N) is 4. The lowest BCUT2D eigenvalue weighted by molar-refractivity contribution is 0.0938.